The molecule has 0 nitrogen and oxygen atoms in total. The van der Waals surface area contributed by atoms with Gasteiger partial charge in [-0.15, -0.1) is 11.6 Å². The van der Waals surface area contributed by atoms with Gasteiger partial charge >= 0.3 is 0 Å². The highest BCUT2D eigenvalue weighted by Crippen LogP contribution is 2.53. The zero-order valence-electron chi connectivity index (χ0n) is 10.4. The van der Waals surface area contributed by atoms with Crippen LogP contribution in [0.4, 0.5) is 0 Å². The summed E-state index contributed by atoms with van der Waals surface area (Å²) >= 11 is 6.70. The summed E-state index contributed by atoms with van der Waals surface area (Å²) in [5.74, 6) is 0. The largest absolute Gasteiger partial charge is 0.122 e. The summed E-state index contributed by atoms with van der Waals surface area (Å²) < 4.78 is 0. The third kappa shape index (κ3) is 2.18. The lowest BCUT2D eigenvalue weighted by Crippen LogP contribution is -2.23. The molecule has 92 valence electrons. The van der Waals surface area contributed by atoms with E-state index in [0.717, 1.165) is 6.42 Å². The van der Waals surface area contributed by atoms with E-state index in [9.17, 15) is 0 Å². The monoisotopic (exact) mass is 256 g/mol. The Kier molecular flexibility index (Phi) is 3.13. The Morgan fingerprint density at radius 3 is 2.00 bits per heavy atom. The molecule has 2 aromatic rings. The van der Waals surface area contributed by atoms with E-state index in [4.69, 9.17) is 11.6 Å². The van der Waals surface area contributed by atoms with Crippen LogP contribution >= 0.6 is 11.6 Å². The average Bonchev–Trinajstić information content (AvgIpc) is 3.22. The lowest BCUT2D eigenvalue weighted by atomic mass is 9.89. The number of benzene rings is 2. The SMILES string of the molecule is ClC(Cc1ccccc1)C1(c2ccccc2)CC1. The highest BCUT2D eigenvalue weighted by Gasteiger charge is 2.49. The van der Waals surface area contributed by atoms with Crippen molar-refractivity contribution in [3.8, 4) is 0 Å². The smallest absolute Gasteiger partial charge is 0.0473 e. The van der Waals surface area contributed by atoms with Crippen LogP contribution in [0.15, 0.2) is 60.7 Å². The molecule has 0 N–H and O–H groups in total. The molecular weight excluding hydrogens is 240 g/mol. The molecule has 0 aromatic heterocycles. The molecule has 1 unspecified atom stereocenters. The molecule has 0 radical (unpaired) electrons. The summed E-state index contributed by atoms with van der Waals surface area (Å²) in [6.07, 6.45) is 3.40. The molecule has 2 aromatic carbocycles. The molecule has 0 saturated heterocycles. The lowest BCUT2D eigenvalue weighted by Gasteiger charge is -2.22. The zero-order chi connectivity index (χ0) is 12.4. The van der Waals surface area contributed by atoms with Gasteiger partial charge in [0.1, 0.15) is 0 Å². The van der Waals surface area contributed by atoms with Gasteiger partial charge in [-0.3, -0.25) is 0 Å². The van der Waals surface area contributed by atoms with Crippen LogP contribution in [-0.2, 0) is 11.8 Å². The minimum absolute atomic E-state index is 0.197. The van der Waals surface area contributed by atoms with Crippen molar-refractivity contribution in [1.29, 1.82) is 0 Å². The first-order valence-electron chi connectivity index (χ1n) is 6.55. The van der Waals surface area contributed by atoms with Gasteiger partial charge in [0.15, 0.2) is 0 Å². The maximum absolute atomic E-state index is 6.70. The summed E-state index contributed by atoms with van der Waals surface area (Å²) in [6, 6.07) is 21.3. The second kappa shape index (κ2) is 4.78. The van der Waals surface area contributed by atoms with Crippen LogP contribution in [0, 0.1) is 0 Å². The second-order valence-electron chi connectivity index (χ2n) is 5.18. The van der Waals surface area contributed by atoms with Crippen molar-refractivity contribution in [2.75, 3.05) is 0 Å². The topological polar surface area (TPSA) is 0 Å². The molecule has 1 aliphatic rings. The van der Waals surface area contributed by atoms with Crippen molar-refractivity contribution in [2.24, 2.45) is 0 Å². The molecule has 1 saturated carbocycles. The Bertz CT molecular complexity index is 500. The first kappa shape index (κ1) is 11.8. The van der Waals surface area contributed by atoms with Crippen molar-refractivity contribution in [3.63, 3.8) is 0 Å². The van der Waals surface area contributed by atoms with Gasteiger partial charge in [-0.05, 0) is 30.4 Å². The molecule has 1 heteroatoms. The first-order valence-corrected chi connectivity index (χ1v) is 6.98. The van der Waals surface area contributed by atoms with Gasteiger partial charge in [-0.2, -0.15) is 0 Å². The number of hydrogen-bond acceptors (Lipinski definition) is 0. The molecular formula is C17H17Cl. The van der Waals surface area contributed by atoms with E-state index in [0.29, 0.717) is 0 Å². The Morgan fingerprint density at radius 1 is 0.889 bits per heavy atom. The summed E-state index contributed by atoms with van der Waals surface area (Å²) in [4.78, 5) is 0. The summed E-state index contributed by atoms with van der Waals surface area (Å²) in [6.45, 7) is 0. The van der Waals surface area contributed by atoms with E-state index < -0.39 is 0 Å². The van der Waals surface area contributed by atoms with Crippen LogP contribution in [0.3, 0.4) is 0 Å². The Morgan fingerprint density at radius 2 is 1.44 bits per heavy atom. The van der Waals surface area contributed by atoms with E-state index in [2.05, 4.69) is 60.7 Å². The van der Waals surface area contributed by atoms with Crippen LogP contribution in [-0.4, -0.2) is 5.38 Å². The maximum Gasteiger partial charge on any atom is 0.0473 e. The molecule has 3 rings (SSSR count). The molecule has 1 fully saturated rings. The van der Waals surface area contributed by atoms with E-state index in [1.807, 2.05) is 0 Å². The van der Waals surface area contributed by atoms with Gasteiger partial charge in [-0.25, -0.2) is 0 Å². The summed E-state index contributed by atoms with van der Waals surface area (Å²) in [5.41, 5.74) is 2.96. The standard InChI is InChI=1S/C17H17Cl/c18-16(13-14-7-3-1-4-8-14)17(11-12-17)15-9-5-2-6-10-15/h1-10,16H,11-13H2. The van der Waals surface area contributed by atoms with Gasteiger partial charge in [0.2, 0.25) is 0 Å². The summed E-state index contributed by atoms with van der Waals surface area (Å²) in [7, 11) is 0. The van der Waals surface area contributed by atoms with E-state index in [1.54, 1.807) is 0 Å². The fourth-order valence-electron chi connectivity index (χ4n) is 2.70. The Labute approximate surface area is 114 Å². The fraction of sp³-hybridized carbons (Fsp3) is 0.294. The van der Waals surface area contributed by atoms with Crippen LogP contribution in [0.25, 0.3) is 0 Å². The third-order valence-electron chi connectivity index (χ3n) is 3.99. The van der Waals surface area contributed by atoms with Crippen molar-refractivity contribution >= 4 is 11.6 Å². The number of halogens is 1. The molecule has 0 heterocycles. The lowest BCUT2D eigenvalue weighted by molar-refractivity contribution is 0.629. The van der Waals surface area contributed by atoms with Gasteiger partial charge in [0, 0.05) is 10.8 Å². The summed E-state index contributed by atoms with van der Waals surface area (Å²) in [5, 5.41) is 0.197. The van der Waals surface area contributed by atoms with E-state index in [-0.39, 0.29) is 10.8 Å². The van der Waals surface area contributed by atoms with Crippen LogP contribution in [0.2, 0.25) is 0 Å². The molecule has 1 atom stereocenters. The highest BCUT2D eigenvalue weighted by atomic mass is 35.5. The minimum Gasteiger partial charge on any atom is -0.122 e. The quantitative estimate of drug-likeness (QED) is 0.703. The molecule has 0 bridgehead atoms. The van der Waals surface area contributed by atoms with Crippen molar-refractivity contribution in [1.82, 2.24) is 0 Å². The third-order valence-corrected chi connectivity index (χ3v) is 4.57. The van der Waals surface area contributed by atoms with Crippen LogP contribution in [0.1, 0.15) is 24.0 Å². The van der Waals surface area contributed by atoms with Gasteiger partial charge in [-0.1, -0.05) is 60.7 Å². The molecule has 1 aliphatic carbocycles. The Balaban J connectivity index is 1.79. The van der Waals surface area contributed by atoms with E-state index >= 15 is 0 Å². The average molecular weight is 257 g/mol. The first-order chi connectivity index (χ1) is 8.81. The Hall–Kier alpha value is -1.27. The van der Waals surface area contributed by atoms with Crippen LogP contribution < -0.4 is 0 Å². The van der Waals surface area contributed by atoms with Crippen molar-refractivity contribution in [3.05, 3.63) is 71.8 Å². The molecule has 0 amide bonds. The number of rotatable bonds is 4. The van der Waals surface area contributed by atoms with E-state index in [1.165, 1.54) is 24.0 Å². The molecule has 18 heavy (non-hydrogen) atoms. The highest BCUT2D eigenvalue weighted by molar-refractivity contribution is 6.22. The van der Waals surface area contributed by atoms with Gasteiger partial charge in [0.05, 0.1) is 0 Å². The minimum atomic E-state index is 0.197. The number of hydrogen-bond donors (Lipinski definition) is 0. The van der Waals surface area contributed by atoms with Crippen LogP contribution in [0.5, 0.6) is 0 Å². The second-order valence-corrected chi connectivity index (χ2v) is 5.71. The zero-order valence-corrected chi connectivity index (χ0v) is 11.1. The molecule has 0 aliphatic heterocycles. The number of alkyl halides is 1. The van der Waals surface area contributed by atoms with Crippen molar-refractivity contribution < 1.29 is 0 Å². The fourth-order valence-corrected chi connectivity index (χ4v) is 3.23. The molecule has 0 spiro atoms. The van der Waals surface area contributed by atoms with Gasteiger partial charge in [0.25, 0.3) is 0 Å². The van der Waals surface area contributed by atoms with Crippen molar-refractivity contribution in [2.45, 2.75) is 30.1 Å². The predicted molar refractivity (Wildman–Crippen MR) is 77.1 cm³/mol. The predicted octanol–water partition coefficient (Wildman–Crippen LogP) is 4.57. The maximum atomic E-state index is 6.70. The van der Waals surface area contributed by atoms with Gasteiger partial charge < -0.3 is 0 Å². The normalized spacial score (nSPS) is 18.3.